The number of rotatable bonds is 3. The molecule has 0 N–H and O–H groups in total. The van der Waals surface area contributed by atoms with Crippen molar-refractivity contribution in [2.75, 3.05) is 0 Å². The molecule has 0 aromatic heterocycles. The van der Waals surface area contributed by atoms with Gasteiger partial charge in [0.1, 0.15) is 0 Å². The molecule has 16 heavy (non-hydrogen) atoms. The molecule has 1 rings (SSSR count). The summed E-state index contributed by atoms with van der Waals surface area (Å²) in [5.74, 6) is 0. The molecule has 90 valence electrons. The van der Waals surface area contributed by atoms with Crippen LogP contribution in [0.5, 0.6) is 0 Å². The van der Waals surface area contributed by atoms with Gasteiger partial charge in [-0.15, -0.1) is 7.02 Å². The molecule has 0 unspecified atom stereocenters. The number of aryl methyl sites for hydroxylation is 3. The first-order valence-corrected chi connectivity index (χ1v) is 15.4. The second kappa shape index (κ2) is 5.61. The molecule has 1 aromatic carbocycles. The number of hydrogen-bond acceptors (Lipinski definition) is 0. The predicted molar refractivity (Wildman–Crippen MR) is 85.0 cm³/mol. The van der Waals surface area contributed by atoms with E-state index in [0.29, 0.717) is 0 Å². The highest BCUT2D eigenvalue weighted by Gasteiger charge is 2.23. The fraction of sp³-hybridized carbons (Fsp3) is 0.538. The lowest BCUT2D eigenvalue weighted by molar-refractivity contribution is 1.36. The average molecular weight is 268 g/mol. The van der Waals surface area contributed by atoms with Crippen molar-refractivity contribution < 1.29 is 0 Å². The summed E-state index contributed by atoms with van der Waals surface area (Å²) in [6.45, 7) is 17.0. The largest absolute Gasteiger partial charge is 0.106 e. The lowest BCUT2D eigenvalue weighted by atomic mass is 10.1. The van der Waals surface area contributed by atoms with E-state index >= 15 is 0 Å². The predicted octanol–water partition coefficient (Wildman–Crippen LogP) is 3.69. The van der Waals surface area contributed by atoms with Gasteiger partial charge in [0.15, 0.2) is 0 Å². The molecule has 0 saturated heterocycles. The Morgan fingerprint density at radius 2 is 1.19 bits per heavy atom. The first kappa shape index (κ1) is 14.1. The molecule has 0 heterocycles. The van der Waals surface area contributed by atoms with Gasteiger partial charge in [-0.1, -0.05) is 43.9 Å². The zero-order valence-corrected chi connectivity index (χ0v) is 15.0. The molecule has 0 aliphatic rings. The Morgan fingerprint density at radius 1 is 0.812 bits per heavy atom. The topological polar surface area (TPSA) is 0 Å². The molecule has 3 heteroatoms. The van der Waals surface area contributed by atoms with E-state index in [0.717, 1.165) is 0 Å². The van der Waals surface area contributed by atoms with Gasteiger partial charge in [0.2, 0.25) is 0 Å². The summed E-state index contributed by atoms with van der Waals surface area (Å²) in [6.07, 6.45) is 0. The Morgan fingerprint density at radius 3 is 1.50 bits per heavy atom. The maximum absolute atomic E-state index is 2.54. The first-order chi connectivity index (χ1) is 7.34. The normalized spacial score (nSPS) is 11.9. The van der Waals surface area contributed by atoms with E-state index in [4.69, 9.17) is 0 Å². The Bertz CT molecular complexity index is 341. The first-order valence-electron chi connectivity index (χ1n) is 6.20. The van der Waals surface area contributed by atoms with E-state index in [1.165, 1.54) is 5.56 Å². The summed E-state index contributed by atoms with van der Waals surface area (Å²) in [5.41, 5.74) is 4.54. The second-order valence-electron chi connectivity index (χ2n) is 5.34. The molecular formula is C13H25PSi2. The van der Waals surface area contributed by atoms with E-state index in [1.807, 2.05) is 0 Å². The van der Waals surface area contributed by atoms with Crippen LogP contribution >= 0.6 is 7.02 Å². The van der Waals surface area contributed by atoms with Crippen molar-refractivity contribution in [2.24, 2.45) is 0 Å². The van der Waals surface area contributed by atoms with Crippen molar-refractivity contribution in [1.82, 2.24) is 0 Å². The van der Waals surface area contributed by atoms with E-state index in [-0.39, 0.29) is 7.02 Å². The third kappa shape index (κ3) is 3.06. The van der Waals surface area contributed by atoms with Gasteiger partial charge in [-0.2, -0.15) is 0 Å². The van der Waals surface area contributed by atoms with Gasteiger partial charge < -0.3 is 0 Å². The molecule has 0 bridgehead atoms. The Labute approximate surface area is 105 Å². The van der Waals surface area contributed by atoms with E-state index in [9.17, 15) is 0 Å². The molecule has 0 saturated carbocycles. The highest BCUT2D eigenvalue weighted by molar-refractivity contribution is 8.16. The molecule has 0 spiro atoms. The highest BCUT2D eigenvalue weighted by Crippen LogP contribution is 2.42. The summed E-state index contributed by atoms with van der Waals surface area (Å²) in [7, 11) is -0.781. The molecular weight excluding hydrogens is 243 g/mol. The fourth-order valence-electron chi connectivity index (χ4n) is 2.69. The van der Waals surface area contributed by atoms with E-state index < -0.39 is 16.9 Å². The van der Waals surface area contributed by atoms with Gasteiger partial charge in [-0.05, 0) is 37.2 Å². The second-order valence-corrected chi connectivity index (χ2v) is 22.3. The van der Waals surface area contributed by atoms with Gasteiger partial charge in [0, 0.05) is 0 Å². The third-order valence-electron chi connectivity index (χ3n) is 3.01. The lowest BCUT2D eigenvalue weighted by Crippen LogP contribution is -2.24. The average Bonchev–Trinajstić information content (AvgIpc) is 2.09. The van der Waals surface area contributed by atoms with Crippen LogP contribution in [-0.4, -0.2) is 16.9 Å². The van der Waals surface area contributed by atoms with E-state index in [1.54, 1.807) is 16.4 Å². The standard InChI is InChI=1S/C13H25PSi2/c1-10-8-11(2)13(12(3)9-10)14(15(4)5)16(6)7/h8-9,15-16H,1-7H3. The summed E-state index contributed by atoms with van der Waals surface area (Å²) < 4.78 is 0. The SMILES string of the molecule is Cc1cc(C)c(P([SiH](C)C)[SiH](C)C)c(C)c1. The zero-order valence-electron chi connectivity index (χ0n) is 11.8. The molecule has 0 fully saturated rings. The maximum Gasteiger partial charge on any atom is 0.0595 e. The molecule has 0 aliphatic heterocycles. The minimum absolute atomic E-state index is 0.250. The highest BCUT2D eigenvalue weighted by atomic mass is 31.6. The molecule has 0 amide bonds. The van der Waals surface area contributed by atoms with Crippen molar-refractivity contribution in [3.63, 3.8) is 0 Å². The van der Waals surface area contributed by atoms with Crippen LogP contribution in [0.3, 0.4) is 0 Å². The van der Waals surface area contributed by atoms with Crippen molar-refractivity contribution in [2.45, 2.75) is 47.0 Å². The number of benzene rings is 1. The van der Waals surface area contributed by atoms with Crippen LogP contribution in [0, 0.1) is 20.8 Å². The summed E-state index contributed by atoms with van der Waals surface area (Å²) in [4.78, 5) is 0. The number of hydrogen-bond donors (Lipinski definition) is 0. The van der Waals surface area contributed by atoms with Crippen LogP contribution in [0.1, 0.15) is 16.7 Å². The van der Waals surface area contributed by atoms with Crippen molar-refractivity contribution in [1.29, 1.82) is 0 Å². The van der Waals surface area contributed by atoms with Crippen LogP contribution in [0.25, 0.3) is 0 Å². The fourth-order valence-corrected chi connectivity index (χ4v) is 25.7. The molecule has 0 nitrogen and oxygen atoms in total. The molecule has 0 radical (unpaired) electrons. The smallest absolute Gasteiger partial charge is 0.0595 e. The summed E-state index contributed by atoms with van der Waals surface area (Å²) in [5, 5.41) is 1.77. The van der Waals surface area contributed by atoms with Crippen LogP contribution < -0.4 is 5.30 Å². The molecule has 0 aliphatic carbocycles. The Balaban J connectivity index is 3.29. The van der Waals surface area contributed by atoms with Crippen molar-refractivity contribution in [3.05, 3.63) is 28.8 Å². The van der Waals surface area contributed by atoms with Gasteiger partial charge in [0.25, 0.3) is 0 Å². The van der Waals surface area contributed by atoms with Crippen molar-refractivity contribution >= 4 is 29.3 Å². The van der Waals surface area contributed by atoms with Crippen molar-refractivity contribution in [3.8, 4) is 0 Å². The molecule has 0 atom stereocenters. The van der Waals surface area contributed by atoms with Gasteiger partial charge >= 0.3 is 0 Å². The quantitative estimate of drug-likeness (QED) is 0.579. The van der Waals surface area contributed by atoms with Crippen LogP contribution in [-0.2, 0) is 0 Å². The van der Waals surface area contributed by atoms with Gasteiger partial charge in [0.05, 0.1) is 16.9 Å². The van der Waals surface area contributed by atoms with Crippen LogP contribution in [0.15, 0.2) is 12.1 Å². The van der Waals surface area contributed by atoms with Gasteiger partial charge in [-0.25, -0.2) is 0 Å². The Kier molecular flexibility index (Phi) is 4.96. The van der Waals surface area contributed by atoms with Crippen LogP contribution in [0.4, 0.5) is 0 Å². The monoisotopic (exact) mass is 268 g/mol. The van der Waals surface area contributed by atoms with Gasteiger partial charge in [-0.3, -0.25) is 0 Å². The van der Waals surface area contributed by atoms with E-state index in [2.05, 4.69) is 59.1 Å². The third-order valence-corrected chi connectivity index (χ3v) is 25.4. The summed E-state index contributed by atoms with van der Waals surface area (Å²) >= 11 is 0. The molecule has 1 aromatic rings. The minimum atomic E-state index is -0.515. The maximum atomic E-state index is 2.54. The Hall–Kier alpha value is 0.0838. The summed E-state index contributed by atoms with van der Waals surface area (Å²) in [6, 6.07) is 4.76. The lowest BCUT2D eigenvalue weighted by Gasteiger charge is -2.28. The van der Waals surface area contributed by atoms with Crippen LogP contribution in [0.2, 0.25) is 26.2 Å². The minimum Gasteiger partial charge on any atom is -0.106 e. The zero-order chi connectivity index (χ0) is 12.5.